The predicted molar refractivity (Wildman–Crippen MR) is 71.7 cm³/mol. The van der Waals surface area contributed by atoms with Gasteiger partial charge in [-0.3, -0.25) is 0 Å². The minimum absolute atomic E-state index is 0.583. The molecule has 0 amide bonds. The van der Waals surface area contributed by atoms with Crippen LogP contribution in [0.2, 0.25) is 0 Å². The molecule has 0 N–H and O–H groups in total. The second kappa shape index (κ2) is 5.57. The molecule has 2 heterocycles. The number of aromatic nitrogens is 4. The first-order valence-corrected chi connectivity index (χ1v) is 7.94. The lowest BCUT2D eigenvalue weighted by atomic mass is 10.0. The highest BCUT2D eigenvalue weighted by Crippen LogP contribution is 2.36. The van der Waals surface area contributed by atoms with Crippen molar-refractivity contribution in [1.29, 1.82) is 0 Å². The number of nitrogens with zero attached hydrogens (tertiary/aromatic N) is 5. The third-order valence-electron chi connectivity index (χ3n) is 3.96. The number of piperidine rings is 1. The van der Waals surface area contributed by atoms with E-state index in [0.717, 1.165) is 17.0 Å². The van der Waals surface area contributed by atoms with Crippen LogP contribution in [0.4, 0.5) is 0 Å². The molecule has 1 saturated carbocycles. The quantitative estimate of drug-likeness (QED) is 0.763. The van der Waals surface area contributed by atoms with Gasteiger partial charge in [-0.1, -0.05) is 18.2 Å². The average Bonchev–Trinajstić information content (AvgIpc) is 3.12. The maximum absolute atomic E-state index is 4.13. The third kappa shape index (κ3) is 2.85. The highest BCUT2D eigenvalue weighted by molar-refractivity contribution is 7.99. The fourth-order valence-corrected chi connectivity index (χ4v) is 3.61. The molecular formula is C12H21N5S. The number of hydrogen-bond donors (Lipinski definition) is 0. The van der Waals surface area contributed by atoms with E-state index in [2.05, 4.69) is 27.5 Å². The van der Waals surface area contributed by atoms with Crippen LogP contribution >= 0.6 is 11.8 Å². The molecule has 1 aliphatic carbocycles. The molecule has 0 bridgehead atoms. The lowest BCUT2D eigenvalue weighted by Gasteiger charge is -2.32. The average molecular weight is 267 g/mol. The normalized spacial score (nSPS) is 25.5. The Kier molecular flexibility index (Phi) is 3.84. The molecule has 0 radical (unpaired) electrons. The van der Waals surface area contributed by atoms with Crippen molar-refractivity contribution in [2.24, 2.45) is 0 Å². The zero-order chi connectivity index (χ0) is 12.4. The van der Waals surface area contributed by atoms with Crippen LogP contribution in [-0.4, -0.2) is 50.5 Å². The van der Waals surface area contributed by atoms with Crippen LogP contribution in [0.1, 0.15) is 44.6 Å². The molecule has 1 aliphatic heterocycles. The zero-order valence-corrected chi connectivity index (χ0v) is 11.8. The number of likely N-dealkylation sites (tertiary alicyclic amines) is 1. The predicted octanol–water partition coefficient (Wildman–Crippen LogP) is 1.97. The molecule has 2 aliphatic rings. The Morgan fingerprint density at radius 3 is 2.94 bits per heavy atom. The van der Waals surface area contributed by atoms with Crippen molar-refractivity contribution < 1.29 is 0 Å². The molecule has 1 saturated heterocycles. The molecule has 18 heavy (non-hydrogen) atoms. The van der Waals surface area contributed by atoms with Crippen molar-refractivity contribution >= 4 is 11.8 Å². The van der Waals surface area contributed by atoms with E-state index in [1.807, 2.05) is 16.4 Å². The maximum Gasteiger partial charge on any atom is 0.209 e. The SMILES string of the molecule is CN1CCCCC1CCSc1nnnn1C1CC1. The number of thioether (sulfide) groups is 1. The Bertz CT molecular complexity index is 390. The minimum Gasteiger partial charge on any atom is -0.303 e. The van der Waals surface area contributed by atoms with Gasteiger partial charge in [0.25, 0.3) is 0 Å². The number of hydrogen-bond acceptors (Lipinski definition) is 5. The van der Waals surface area contributed by atoms with E-state index in [0.29, 0.717) is 6.04 Å². The van der Waals surface area contributed by atoms with Gasteiger partial charge in [0, 0.05) is 11.8 Å². The maximum atomic E-state index is 4.13. The van der Waals surface area contributed by atoms with Crippen LogP contribution in [-0.2, 0) is 0 Å². The highest BCUT2D eigenvalue weighted by Gasteiger charge is 2.28. The molecule has 5 nitrogen and oxygen atoms in total. The summed E-state index contributed by atoms with van der Waals surface area (Å²) in [5, 5.41) is 13.0. The molecule has 3 rings (SSSR count). The van der Waals surface area contributed by atoms with E-state index >= 15 is 0 Å². The summed E-state index contributed by atoms with van der Waals surface area (Å²) >= 11 is 1.82. The molecule has 1 aromatic heterocycles. The Morgan fingerprint density at radius 2 is 2.17 bits per heavy atom. The van der Waals surface area contributed by atoms with Gasteiger partial charge >= 0.3 is 0 Å². The Labute approximate surface area is 112 Å². The van der Waals surface area contributed by atoms with Gasteiger partial charge in [0.2, 0.25) is 5.16 Å². The van der Waals surface area contributed by atoms with Crippen LogP contribution in [0.15, 0.2) is 5.16 Å². The Hall–Kier alpha value is -0.620. The van der Waals surface area contributed by atoms with Gasteiger partial charge < -0.3 is 4.90 Å². The van der Waals surface area contributed by atoms with Gasteiger partial charge in [0.05, 0.1) is 6.04 Å². The van der Waals surface area contributed by atoms with Crippen LogP contribution in [0, 0.1) is 0 Å². The van der Waals surface area contributed by atoms with Crippen LogP contribution in [0.25, 0.3) is 0 Å². The highest BCUT2D eigenvalue weighted by atomic mass is 32.2. The lowest BCUT2D eigenvalue weighted by molar-refractivity contribution is 0.182. The largest absolute Gasteiger partial charge is 0.303 e. The number of rotatable bonds is 5. The van der Waals surface area contributed by atoms with Gasteiger partial charge in [0.1, 0.15) is 0 Å². The van der Waals surface area contributed by atoms with Gasteiger partial charge in [-0.05, 0) is 56.1 Å². The molecular weight excluding hydrogens is 246 g/mol. The third-order valence-corrected chi connectivity index (χ3v) is 4.93. The van der Waals surface area contributed by atoms with E-state index in [1.165, 1.54) is 45.1 Å². The van der Waals surface area contributed by atoms with E-state index in [9.17, 15) is 0 Å². The van der Waals surface area contributed by atoms with E-state index in [-0.39, 0.29) is 0 Å². The monoisotopic (exact) mass is 267 g/mol. The van der Waals surface area contributed by atoms with Crippen LogP contribution in [0.5, 0.6) is 0 Å². The van der Waals surface area contributed by atoms with Crippen molar-refractivity contribution in [3.63, 3.8) is 0 Å². The zero-order valence-electron chi connectivity index (χ0n) is 11.0. The molecule has 1 unspecified atom stereocenters. The van der Waals surface area contributed by atoms with E-state index < -0.39 is 0 Å². The van der Waals surface area contributed by atoms with Crippen molar-refractivity contribution in [1.82, 2.24) is 25.1 Å². The van der Waals surface area contributed by atoms with Gasteiger partial charge in [0.15, 0.2) is 0 Å². The molecule has 1 aromatic rings. The second-order valence-corrected chi connectivity index (χ2v) is 6.47. The van der Waals surface area contributed by atoms with Crippen molar-refractivity contribution in [2.45, 2.75) is 55.8 Å². The van der Waals surface area contributed by atoms with Crippen molar-refractivity contribution in [2.75, 3.05) is 19.3 Å². The molecule has 6 heteroatoms. The number of tetrazole rings is 1. The van der Waals surface area contributed by atoms with Crippen molar-refractivity contribution in [3.05, 3.63) is 0 Å². The summed E-state index contributed by atoms with van der Waals surface area (Å²) in [5.41, 5.74) is 0. The van der Waals surface area contributed by atoms with E-state index in [4.69, 9.17) is 0 Å². The second-order valence-electron chi connectivity index (χ2n) is 5.40. The lowest BCUT2D eigenvalue weighted by Crippen LogP contribution is -2.36. The first-order valence-electron chi connectivity index (χ1n) is 6.95. The molecule has 1 atom stereocenters. The summed E-state index contributed by atoms with van der Waals surface area (Å²) in [6.45, 7) is 1.26. The minimum atomic E-state index is 0.583. The Morgan fingerprint density at radius 1 is 1.28 bits per heavy atom. The first-order chi connectivity index (χ1) is 8.84. The summed E-state index contributed by atoms with van der Waals surface area (Å²) in [7, 11) is 2.25. The topological polar surface area (TPSA) is 46.8 Å². The standard InChI is InChI=1S/C12H21N5S/c1-16-8-3-2-4-10(16)7-9-18-12-13-14-15-17(12)11-5-6-11/h10-11H,2-9H2,1H3. The van der Waals surface area contributed by atoms with Crippen LogP contribution < -0.4 is 0 Å². The van der Waals surface area contributed by atoms with Gasteiger partial charge in [-0.15, -0.1) is 5.10 Å². The van der Waals surface area contributed by atoms with E-state index in [1.54, 1.807) is 0 Å². The van der Waals surface area contributed by atoms with Gasteiger partial charge in [-0.25, -0.2) is 4.68 Å². The van der Waals surface area contributed by atoms with Gasteiger partial charge in [-0.2, -0.15) is 0 Å². The summed E-state index contributed by atoms with van der Waals surface area (Å²) in [5.74, 6) is 1.13. The smallest absolute Gasteiger partial charge is 0.209 e. The molecule has 100 valence electrons. The fourth-order valence-electron chi connectivity index (χ4n) is 2.62. The fraction of sp³-hybridized carbons (Fsp3) is 0.917. The molecule has 0 aromatic carbocycles. The summed E-state index contributed by atoms with van der Waals surface area (Å²) in [4.78, 5) is 2.51. The summed E-state index contributed by atoms with van der Waals surface area (Å²) in [6.07, 6.45) is 7.83. The first kappa shape index (κ1) is 12.4. The summed E-state index contributed by atoms with van der Waals surface area (Å²) in [6, 6.07) is 1.34. The van der Waals surface area contributed by atoms with Crippen LogP contribution in [0.3, 0.4) is 0 Å². The summed E-state index contributed by atoms with van der Waals surface area (Å²) < 4.78 is 2.01. The van der Waals surface area contributed by atoms with Crippen molar-refractivity contribution in [3.8, 4) is 0 Å². The molecule has 0 spiro atoms. The Balaban J connectivity index is 1.47. The molecule has 2 fully saturated rings.